The Morgan fingerprint density at radius 1 is 1.12 bits per heavy atom. The second-order valence-electron chi connectivity index (χ2n) is 5.14. The molecule has 0 fully saturated rings. The molecule has 1 heterocycles. The lowest BCUT2D eigenvalue weighted by Gasteiger charge is -2.10. The molecule has 0 bridgehead atoms. The number of fused-ring (bicyclic) bond motifs is 1. The van der Waals surface area contributed by atoms with Gasteiger partial charge in [-0.05, 0) is 37.5 Å². The minimum Gasteiger partial charge on any atom is -0.493 e. The molecule has 0 saturated carbocycles. The highest BCUT2D eigenvalue weighted by atomic mass is 16.9. The summed E-state index contributed by atoms with van der Waals surface area (Å²) in [5.74, 6) is 2.08. The second kappa shape index (κ2) is 8.76. The highest BCUT2D eigenvalue weighted by Crippen LogP contribution is 2.31. The van der Waals surface area contributed by atoms with E-state index in [2.05, 4.69) is 15.1 Å². The van der Waals surface area contributed by atoms with Crippen molar-refractivity contribution in [3.05, 3.63) is 34.4 Å². The molecule has 1 N–H and O–H groups in total. The molecule has 0 aliphatic heterocycles. The van der Waals surface area contributed by atoms with Crippen LogP contribution in [-0.4, -0.2) is 37.4 Å². The third kappa shape index (κ3) is 4.87. The van der Waals surface area contributed by atoms with Crippen LogP contribution in [0, 0.1) is 10.1 Å². The quantitative estimate of drug-likeness (QED) is 0.405. The second-order valence-corrected chi connectivity index (χ2v) is 5.14. The molecule has 0 saturated heterocycles. The smallest absolute Gasteiger partial charge is 0.294 e. The molecule has 0 amide bonds. The molecule has 1 aromatic carbocycles. The summed E-state index contributed by atoms with van der Waals surface area (Å²) in [7, 11) is 3.19. The van der Waals surface area contributed by atoms with Crippen molar-refractivity contribution in [2.75, 3.05) is 32.7 Å². The molecule has 8 heteroatoms. The normalized spacial score (nSPS) is 10.4. The summed E-state index contributed by atoms with van der Waals surface area (Å²) < 4.78 is 10.6. The number of methoxy groups -OCH3 is 2. The summed E-state index contributed by atoms with van der Waals surface area (Å²) in [6, 6.07) is 7.61. The third-order valence-corrected chi connectivity index (χ3v) is 3.52. The van der Waals surface area contributed by atoms with E-state index in [1.54, 1.807) is 14.2 Å². The molecule has 2 rings (SSSR count). The van der Waals surface area contributed by atoms with E-state index >= 15 is 0 Å². The first-order chi connectivity index (χ1) is 11.6. The van der Waals surface area contributed by atoms with Gasteiger partial charge in [0.15, 0.2) is 11.5 Å². The monoisotopic (exact) mass is 335 g/mol. The highest BCUT2D eigenvalue weighted by Gasteiger charge is 2.07. The van der Waals surface area contributed by atoms with Gasteiger partial charge in [0.2, 0.25) is 0 Å². The molecule has 1 aromatic heterocycles. The van der Waals surface area contributed by atoms with Crippen LogP contribution < -0.4 is 14.8 Å². The zero-order chi connectivity index (χ0) is 17.4. The summed E-state index contributed by atoms with van der Waals surface area (Å²) >= 11 is 0. The first-order valence-electron chi connectivity index (χ1n) is 7.68. The molecular weight excluding hydrogens is 314 g/mol. The Morgan fingerprint density at radius 3 is 2.58 bits per heavy atom. The Hall–Kier alpha value is -2.77. The molecule has 0 spiro atoms. The lowest BCUT2D eigenvalue weighted by Crippen LogP contribution is -2.05. The van der Waals surface area contributed by atoms with E-state index in [0.717, 1.165) is 36.1 Å². The van der Waals surface area contributed by atoms with Crippen molar-refractivity contribution >= 4 is 16.7 Å². The number of hydrogen-bond donors (Lipinski definition) is 1. The van der Waals surface area contributed by atoms with Gasteiger partial charge in [-0.1, -0.05) is 0 Å². The van der Waals surface area contributed by atoms with Gasteiger partial charge < -0.3 is 19.6 Å². The fourth-order valence-corrected chi connectivity index (χ4v) is 2.31. The lowest BCUT2D eigenvalue weighted by atomic mass is 10.2. The summed E-state index contributed by atoms with van der Waals surface area (Å²) in [6.45, 7) is 0.882. The number of hydrogen-bond acceptors (Lipinski definition) is 7. The van der Waals surface area contributed by atoms with E-state index in [1.807, 2.05) is 24.3 Å². The largest absolute Gasteiger partial charge is 0.493 e. The van der Waals surface area contributed by atoms with Crippen LogP contribution in [0.15, 0.2) is 24.3 Å². The average molecular weight is 335 g/mol. The Bertz CT molecular complexity index is 693. The molecule has 24 heavy (non-hydrogen) atoms. The molecule has 8 nitrogen and oxygen atoms in total. The third-order valence-electron chi connectivity index (χ3n) is 3.52. The Morgan fingerprint density at radius 2 is 1.88 bits per heavy atom. The molecule has 0 radical (unpaired) electrons. The zero-order valence-corrected chi connectivity index (χ0v) is 13.8. The predicted molar refractivity (Wildman–Crippen MR) is 90.1 cm³/mol. The standard InChI is InChI=1S/C16H21N3O5/c1-22-14-10-12-6-7-16(18-13(12)11-15(14)23-2)17-8-4-3-5-9-24-19(20)21/h6-7,10-11H,3-5,8-9H2,1-2H3,(H,17,18). The summed E-state index contributed by atoms with van der Waals surface area (Å²) in [4.78, 5) is 18.8. The fourth-order valence-electron chi connectivity index (χ4n) is 2.31. The highest BCUT2D eigenvalue weighted by molar-refractivity contribution is 5.84. The maximum absolute atomic E-state index is 10.0. The predicted octanol–water partition coefficient (Wildman–Crippen LogP) is 3.04. The van der Waals surface area contributed by atoms with Crippen LogP contribution in [0.5, 0.6) is 11.5 Å². The van der Waals surface area contributed by atoms with Gasteiger partial charge in [-0.3, -0.25) is 0 Å². The molecule has 2 aromatic rings. The molecule has 0 aliphatic rings. The summed E-state index contributed by atoms with van der Waals surface area (Å²) in [5, 5.41) is 13.5. The molecule has 0 atom stereocenters. The van der Waals surface area contributed by atoms with E-state index in [-0.39, 0.29) is 6.61 Å². The summed E-state index contributed by atoms with van der Waals surface area (Å²) in [5.41, 5.74) is 0.817. The minimum absolute atomic E-state index is 0.142. The van der Waals surface area contributed by atoms with Gasteiger partial charge in [-0.25, -0.2) is 4.98 Å². The van der Waals surface area contributed by atoms with E-state index < -0.39 is 5.09 Å². The number of unbranched alkanes of at least 4 members (excludes halogenated alkanes) is 2. The van der Waals surface area contributed by atoms with Crippen LogP contribution in [0.1, 0.15) is 19.3 Å². The number of nitrogens with one attached hydrogen (secondary N) is 1. The number of rotatable bonds is 10. The number of ether oxygens (including phenoxy) is 2. The number of anilines is 1. The van der Waals surface area contributed by atoms with Crippen LogP contribution >= 0.6 is 0 Å². The average Bonchev–Trinajstić information content (AvgIpc) is 2.59. The van der Waals surface area contributed by atoms with Crippen molar-refractivity contribution < 1.29 is 19.4 Å². The summed E-state index contributed by atoms with van der Waals surface area (Å²) in [6.07, 6.45) is 2.39. The van der Waals surface area contributed by atoms with Crippen LogP contribution in [0.25, 0.3) is 10.9 Å². The van der Waals surface area contributed by atoms with Gasteiger partial charge in [0, 0.05) is 18.0 Å². The molecule has 0 aliphatic carbocycles. The molecular formula is C16H21N3O5. The van der Waals surface area contributed by atoms with Crippen LogP contribution in [0.3, 0.4) is 0 Å². The Labute approximate surface area is 139 Å². The van der Waals surface area contributed by atoms with E-state index in [9.17, 15) is 10.1 Å². The van der Waals surface area contributed by atoms with Gasteiger partial charge in [0.25, 0.3) is 5.09 Å². The number of nitrogens with zero attached hydrogens (tertiary/aromatic N) is 2. The number of benzene rings is 1. The Kier molecular flexibility index (Phi) is 6.41. The first kappa shape index (κ1) is 17.6. The maximum Gasteiger partial charge on any atom is 0.294 e. The van der Waals surface area contributed by atoms with E-state index in [1.165, 1.54) is 0 Å². The minimum atomic E-state index is -0.763. The van der Waals surface area contributed by atoms with Gasteiger partial charge in [0.1, 0.15) is 5.82 Å². The lowest BCUT2D eigenvalue weighted by molar-refractivity contribution is -0.757. The van der Waals surface area contributed by atoms with Crippen molar-refractivity contribution in [2.45, 2.75) is 19.3 Å². The van der Waals surface area contributed by atoms with Crippen molar-refractivity contribution in [2.24, 2.45) is 0 Å². The van der Waals surface area contributed by atoms with Crippen LogP contribution in [0.4, 0.5) is 5.82 Å². The SMILES string of the molecule is COc1cc2ccc(NCCCCCO[N+](=O)[O-])nc2cc1OC. The molecule has 130 valence electrons. The van der Waals surface area contributed by atoms with Crippen LogP contribution in [0.2, 0.25) is 0 Å². The number of aromatic nitrogens is 1. The van der Waals surface area contributed by atoms with Gasteiger partial charge >= 0.3 is 0 Å². The molecule has 0 unspecified atom stereocenters. The van der Waals surface area contributed by atoms with Crippen molar-refractivity contribution in [1.82, 2.24) is 4.98 Å². The first-order valence-corrected chi connectivity index (χ1v) is 7.68. The van der Waals surface area contributed by atoms with Gasteiger partial charge in [0.05, 0.1) is 26.3 Å². The van der Waals surface area contributed by atoms with Crippen molar-refractivity contribution in [1.29, 1.82) is 0 Å². The van der Waals surface area contributed by atoms with Crippen molar-refractivity contribution in [3.63, 3.8) is 0 Å². The van der Waals surface area contributed by atoms with E-state index in [0.29, 0.717) is 17.9 Å². The van der Waals surface area contributed by atoms with E-state index in [4.69, 9.17) is 9.47 Å². The fraction of sp³-hybridized carbons (Fsp3) is 0.438. The number of pyridine rings is 1. The zero-order valence-electron chi connectivity index (χ0n) is 13.8. The van der Waals surface area contributed by atoms with Gasteiger partial charge in [-0.2, -0.15) is 0 Å². The topological polar surface area (TPSA) is 95.8 Å². The van der Waals surface area contributed by atoms with Gasteiger partial charge in [-0.15, -0.1) is 10.1 Å². The Balaban J connectivity index is 1.87. The van der Waals surface area contributed by atoms with Crippen LogP contribution in [-0.2, 0) is 4.84 Å². The maximum atomic E-state index is 10.0. The van der Waals surface area contributed by atoms with Crippen molar-refractivity contribution in [3.8, 4) is 11.5 Å².